The quantitative estimate of drug-likeness (QED) is 0.919. The molecule has 1 aromatic rings. The number of rotatable bonds is 4. The summed E-state index contributed by atoms with van der Waals surface area (Å²) in [5.74, 6) is 0.777. The van der Waals surface area contributed by atoms with Crippen LogP contribution in [0.1, 0.15) is 70.4 Å². The molecule has 0 saturated carbocycles. The molecule has 0 saturated heterocycles. The summed E-state index contributed by atoms with van der Waals surface area (Å²) in [5, 5.41) is 3.50. The van der Waals surface area contributed by atoms with Crippen LogP contribution in [-0.4, -0.2) is 22.6 Å². The number of hydrogen-bond acceptors (Lipinski definition) is 4. The van der Waals surface area contributed by atoms with Crippen LogP contribution in [0.25, 0.3) is 0 Å². The lowest BCUT2D eigenvalue weighted by Crippen LogP contribution is -2.35. The van der Waals surface area contributed by atoms with Crippen LogP contribution in [0.2, 0.25) is 0 Å². The van der Waals surface area contributed by atoms with E-state index < -0.39 is 0 Å². The number of nitrogens with zero attached hydrogens (tertiary/aromatic N) is 2. The average molecular weight is 293 g/mol. The summed E-state index contributed by atoms with van der Waals surface area (Å²) in [7, 11) is 1.72. The Morgan fingerprint density at radius 1 is 1.00 bits per heavy atom. The van der Waals surface area contributed by atoms with Crippen molar-refractivity contribution in [3.63, 3.8) is 0 Å². The first-order valence-electron chi connectivity index (χ1n) is 7.57. The largest absolute Gasteiger partial charge is 0.373 e. The Balaban J connectivity index is 3.10. The maximum atomic E-state index is 5.62. The predicted molar refractivity (Wildman–Crippen MR) is 87.3 cm³/mol. The zero-order valence-corrected chi connectivity index (χ0v) is 15.1. The van der Waals surface area contributed by atoms with Gasteiger partial charge in [-0.15, -0.1) is 0 Å². The number of aryl methyl sites for hydroxylation is 2. The first-order valence-corrected chi connectivity index (χ1v) is 7.57. The van der Waals surface area contributed by atoms with Gasteiger partial charge in [0.25, 0.3) is 0 Å². The molecule has 1 rings (SSSR count). The van der Waals surface area contributed by atoms with Crippen molar-refractivity contribution >= 4 is 0 Å². The zero-order valence-electron chi connectivity index (χ0n) is 15.1. The molecule has 21 heavy (non-hydrogen) atoms. The summed E-state index contributed by atoms with van der Waals surface area (Å²) in [6.07, 6.45) is -0.0977. The molecule has 0 radical (unpaired) electrons. The fourth-order valence-corrected chi connectivity index (χ4v) is 2.34. The van der Waals surface area contributed by atoms with Gasteiger partial charge in [0.2, 0.25) is 0 Å². The van der Waals surface area contributed by atoms with Crippen molar-refractivity contribution < 1.29 is 4.74 Å². The highest BCUT2D eigenvalue weighted by Crippen LogP contribution is 2.34. The summed E-state index contributed by atoms with van der Waals surface area (Å²) in [6, 6.07) is 0. The minimum absolute atomic E-state index is 0.0290. The van der Waals surface area contributed by atoms with Gasteiger partial charge in [-0.3, -0.25) is 0 Å². The number of ether oxygens (including phenoxy) is 1. The van der Waals surface area contributed by atoms with Gasteiger partial charge in [0.1, 0.15) is 6.10 Å². The SMILES string of the molecule is COC(c1nc(C)c(CNC(C)(C)C)c(C)n1)C(C)(C)C. The van der Waals surface area contributed by atoms with Crippen molar-refractivity contribution in [3.05, 3.63) is 22.8 Å². The van der Waals surface area contributed by atoms with Crippen molar-refractivity contribution in [1.82, 2.24) is 15.3 Å². The lowest BCUT2D eigenvalue weighted by molar-refractivity contribution is 0.00839. The van der Waals surface area contributed by atoms with Crippen molar-refractivity contribution in [1.29, 1.82) is 0 Å². The fourth-order valence-electron chi connectivity index (χ4n) is 2.34. The molecule has 120 valence electrons. The number of aromatic nitrogens is 2. The third-order valence-electron chi connectivity index (χ3n) is 3.49. The Kier molecular flexibility index (Phi) is 5.51. The van der Waals surface area contributed by atoms with E-state index in [-0.39, 0.29) is 17.1 Å². The maximum Gasteiger partial charge on any atom is 0.158 e. The molecule has 0 amide bonds. The third-order valence-corrected chi connectivity index (χ3v) is 3.49. The number of hydrogen-bond donors (Lipinski definition) is 1. The Morgan fingerprint density at radius 2 is 1.48 bits per heavy atom. The second-order valence-electron chi connectivity index (χ2n) is 7.82. The van der Waals surface area contributed by atoms with Crippen LogP contribution >= 0.6 is 0 Å². The topological polar surface area (TPSA) is 47.0 Å². The van der Waals surface area contributed by atoms with E-state index in [1.807, 2.05) is 13.8 Å². The molecule has 0 aliphatic heterocycles. The molecular formula is C17H31N3O. The first-order chi connectivity index (χ1) is 9.45. The van der Waals surface area contributed by atoms with E-state index >= 15 is 0 Å². The van der Waals surface area contributed by atoms with Gasteiger partial charge in [-0.1, -0.05) is 20.8 Å². The molecule has 0 fully saturated rings. The lowest BCUT2D eigenvalue weighted by Gasteiger charge is -2.29. The van der Waals surface area contributed by atoms with E-state index in [4.69, 9.17) is 14.7 Å². The summed E-state index contributed by atoms with van der Waals surface area (Å²) in [5.41, 5.74) is 3.29. The highest BCUT2D eigenvalue weighted by molar-refractivity contribution is 5.25. The third kappa shape index (κ3) is 5.04. The Bertz CT molecular complexity index is 461. The average Bonchev–Trinajstić information content (AvgIpc) is 2.24. The maximum absolute atomic E-state index is 5.62. The summed E-state index contributed by atoms with van der Waals surface area (Å²) in [4.78, 5) is 9.39. The Labute approximate surface area is 129 Å². The molecule has 0 aromatic carbocycles. The van der Waals surface area contributed by atoms with Crippen molar-refractivity contribution in [3.8, 4) is 0 Å². The highest BCUT2D eigenvalue weighted by atomic mass is 16.5. The molecule has 1 unspecified atom stereocenters. The monoisotopic (exact) mass is 293 g/mol. The van der Waals surface area contributed by atoms with Crippen LogP contribution < -0.4 is 5.32 Å². The van der Waals surface area contributed by atoms with E-state index in [1.54, 1.807) is 7.11 Å². The van der Waals surface area contributed by atoms with E-state index in [2.05, 4.69) is 46.9 Å². The van der Waals surface area contributed by atoms with E-state index in [1.165, 1.54) is 5.56 Å². The van der Waals surface area contributed by atoms with Crippen molar-refractivity contribution in [2.45, 2.75) is 73.6 Å². The molecule has 4 heteroatoms. The smallest absolute Gasteiger partial charge is 0.158 e. The molecule has 1 aromatic heterocycles. The molecule has 0 aliphatic carbocycles. The Hall–Kier alpha value is -1.00. The second kappa shape index (κ2) is 6.41. The zero-order chi connectivity index (χ0) is 16.4. The summed E-state index contributed by atoms with van der Waals surface area (Å²) < 4.78 is 5.62. The van der Waals surface area contributed by atoms with Gasteiger partial charge in [0.15, 0.2) is 5.82 Å². The minimum atomic E-state index is -0.0977. The molecule has 1 atom stereocenters. The molecule has 1 N–H and O–H groups in total. The van der Waals surface area contributed by atoms with Crippen LogP contribution in [0.5, 0.6) is 0 Å². The highest BCUT2D eigenvalue weighted by Gasteiger charge is 2.29. The summed E-state index contributed by atoms with van der Waals surface area (Å²) in [6.45, 7) is 17.8. The molecule has 0 aliphatic rings. The van der Waals surface area contributed by atoms with E-state index in [0.29, 0.717) is 0 Å². The van der Waals surface area contributed by atoms with Gasteiger partial charge >= 0.3 is 0 Å². The van der Waals surface area contributed by atoms with Gasteiger partial charge in [-0.2, -0.15) is 0 Å². The van der Waals surface area contributed by atoms with Crippen LogP contribution in [-0.2, 0) is 11.3 Å². The first kappa shape index (κ1) is 18.1. The standard InChI is InChI=1S/C17H31N3O/c1-11-13(10-18-17(6,7)8)12(2)20-15(19-11)14(21-9)16(3,4)5/h14,18H,10H2,1-9H3. The lowest BCUT2D eigenvalue weighted by atomic mass is 9.88. The van der Waals surface area contributed by atoms with Crippen molar-refractivity contribution in [2.75, 3.05) is 7.11 Å². The van der Waals surface area contributed by atoms with Gasteiger partial charge in [-0.05, 0) is 40.0 Å². The molecule has 4 nitrogen and oxygen atoms in total. The van der Waals surface area contributed by atoms with Crippen LogP contribution in [0.15, 0.2) is 0 Å². The normalized spacial score (nSPS) is 14.3. The van der Waals surface area contributed by atoms with Crippen molar-refractivity contribution in [2.24, 2.45) is 5.41 Å². The van der Waals surface area contributed by atoms with Gasteiger partial charge in [0.05, 0.1) is 0 Å². The van der Waals surface area contributed by atoms with Crippen LogP contribution in [0.4, 0.5) is 0 Å². The van der Waals surface area contributed by atoms with Gasteiger partial charge in [-0.25, -0.2) is 9.97 Å². The summed E-state index contributed by atoms with van der Waals surface area (Å²) >= 11 is 0. The molecular weight excluding hydrogens is 262 g/mol. The van der Waals surface area contributed by atoms with Crippen LogP contribution in [0, 0.1) is 19.3 Å². The minimum Gasteiger partial charge on any atom is -0.373 e. The predicted octanol–water partition coefficient (Wildman–Crippen LogP) is 3.72. The van der Waals surface area contributed by atoms with Gasteiger partial charge in [0, 0.05) is 36.1 Å². The van der Waals surface area contributed by atoms with E-state index in [0.717, 1.165) is 23.8 Å². The number of methoxy groups -OCH3 is 1. The second-order valence-corrected chi connectivity index (χ2v) is 7.82. The molecule has 0 spiro atoms. The molecule has 0 bridgehead atoms. The fraction of sp³-hybridized carbons (Fsp3) is 0.765. The number of nitrogens with one attached hydrogen (secondary N) is 1. The Morgan fingerprint density at radius 3 is 1.81 bits per heavy atom. The van der Waals surface area contributed by atoms with Crippen LogP contribution in [0.3, 0.4) is 0 Å². The van der Waals surface area contributed by atoms with Gasteiger partial charge < -0.3 is 10.1 Å². The molecule has 1 heterocycles. The van der Waals surface area contributed by atoms with E-state index in [9.17, 15) is 0 Å².